The molecule has 2 rings (SSSR count). The minimum absolute atomic E-state index is 0.369. The molecule has 0 saturated heterocycles. The molecule has 15 heavy (non-hydrogen) atoms. The summed E-state index contributed by atoms with van der Waals surface area (Å²) in [7, 11) is 1.95. The number of nitrogens with one attached hydrogen (secondary N) is 2. The summed E-state index contributed by atoms with van der Waals surface area (Å²) < 4.78 is 0. The van der Waals surface area contributed by atoms with Crippen LogP contribution in [-0.4, -0.2) is 23.7 Å². The second kappa shape index (κ2) is 4.36. The Morgan fingerprint density at radius 3 is 3.07 bits per heavy atom. The standard InChI is InChI=1S/C12H16N2O/c1-13-7-3-4-9-8-14-10-5-2-6-11(15)12(9)10/h2,5-6,8,13-15H,3-4,7H2,1H3. The fraction of sp³-hybridized carbons (Fsp3) is 0.333. The van der Waals surface area contributed by atoms with Gasteiger partial charge in [0.1, 0.15) is 5.75 Å². The summed E-state index contributed by atoms with van der Waals surface area (Å²) in [4.78, 5) is 3.18. The molecule has 1 aromatic carbocycles. The van der Waals surface area contributed by atoms with Gasteiger partial charge in [-0.3, -0.25) is 0 Å². The van der Waals surface area contributed by atoms with E-state index in [0.717, 1.165) is 30.3 Å². The Labute approximate surface area is 89.1 Å². The highest BCUT2D eigenvalue weighted by atomic mass is 16.3. The molecule has 0 aliphatic heterocycles. The molecule has 0 saturated carbocycles. The molecule has 1 heterocycles. The minimum atomic E-state index is 0.369. The predicted octanol–water partition coefficient (Wildman–Crippen LogP) is 2.03. The zero-order valence-electron chi connectivity index (χ0n) is 8.88. The van der Waals surface area contributed by atoms with Crippen molar-refractivity contribution in [2.45, 2.75) is 12.8 Å². The number of H-pyrrole nitrogens is 1. The summed E-state index contributed by atoms with van der Waals surface area (Å²) in [6, 6.07) is 5.57. The molecule has 0 atom stereocenters. The third kappa shape index (κ3) is 1.97. The van der Waals surface area contributed by atoms with Crippen LogP contribution in [0.15, 0.2) is 24.4 Å². The first-order valence-corrected chi connectivity index (χ1v) is 5.25. The second-order valence-electron chi connectivity index (χ2n) is 3.72. The molecule has 0 amide bonds. The van der Waals surface area contributed by atoms with Gasteiger partial charge in [-0.1, -0.05) is 6.07 Å². The molecular formula is C12H16N2O. The van der Waals surface area contributed by atoms with Crippen LogP contribution in [0.25, 0.3) is 10.9 Å². The van der Waals surface area contributed by atoms with Gasteiger partial charge >= 0.3 is 0 Å². The lowest BCUT2D eigenvalue weighted by molar-refractivity contribution is 0.481. The Morgan fingerprint density at radius 2 is 2.27 bits per heavy atom. The maximum absolute atomic E-state index is 9.76. The maximum atomic E-state index is 9.76. The number of hydrogen-bond donors (Lipinski definition) is 3. The van der Waals surface area contributed by atoms with Crippen LogP contribution in [-0.2, 0) is 6.42 Å². The molecule has 0 spiro atoms. The quantitative estimate of drug-likeness (QED) is 0.667. The van der Waals surface area contributed by atoms with Crippen molar-refractivity contribution >= 4 is 10.9 Å². The number of fused-ring (bicyclic) bond motifs is 1. The van der Waals surface area contributed by atoms with E-state index in [-0.39, 0.29) is 0 Å². The van der Waals surface area contributed by atoms with Gasteiger partial charge < -0.3 is 15.4 Å². The van der Waals surface area contributed by atoms with Crippen molar-refractivity contribution in [2.75, 3.05) is 13.6 Å². The second-order valence-corrected chi connectivity index (χ2v) is 3.72. The van der Waals surface area contributed by atoms with E-state index in [9.17, 15) is 5.11 Å². The van der Waals surface area contributed by atoms with E-state index in [1.54, 1.807) is 6.07 Å². The van der Waals surface area contributed by atoms with E-state index in [4.69, 9.17) is 0 Å². The molecule has 0 aliphatic rings. The van der Waals surface area contributed by atoms with Crippen molar-refractivity contribution in [1.29, 1.82) is 0 Å². The third-order valence-corrected chi connectivity index (χ3v) is 2.64. The highest BCUT2D eigenvalue weighted by Gasteiger charge is 2.06. The van der Waals surface area contributed by atoms with Crippen LogP contribution >= 0.6 is 0 Å². The number of rotatable bonds is 4. The average molecular weight is 204 g/mol. The third-order valence-electron chi connectivity index (χ3n) is 2.64. The van der Waals surface area contributed by atoms with E-state index in [2.05, 4.69) is 10.3 Å². The Kier molecular flexibility index (Phi) is 2.92. The van der Waals surface area contributed by atoms with Gasteiger partial charge in [0.2, 0.25) is 0 Å². The highest BCUT2D eigenvalue weighted by molar-refractivity contribution is 5.88. The molecule has 3 heteroatoms. The van der Waals surface area contributed by atoms with Gasteiger partial charge in [-0.05, 0) is 44.1 Å². The van der Waals surface area contributed by atoms with Crippen LogP contribution in [0, 0.1) is 0 Å². The summed E-state index contributed by atoms with van der Waals surface area (Å²) in [6.07, 6.45) is 4.05. The fourth-order valence-corrected chi connectivity index (χ4v) is 1.89. The lowest BCUT2D eigenvalue weighted by Crippen LogP contribution is -2.08. The first-order chi connectivity index (χ1) is 7.33. The van der Waals surface area contributed by atoms with E-state index in [1.807, 2.05) is 25.4 Å². The Balaban J connectivity index is 2.27. The summed E-state index contributed by atoms with van der Waals surface area (Å²) in [5, 5.41) is 13.8. The molecule has 0 bridgehead atoms. The Bertz CT molecular complexity index is 448. The fourth-order valence-electron chi connectivity index (χ4n) is 1.89. The number of benzene rings is 1. The molecule has 0 aliphatic carbocycles. The largest absolute Gasteiger partial charge is 0.507 e. The predicted molar refractivity (Wildman–Crippen MR) is 62.2 cm³/mol. The molecule has 0 fully saturated rings. The monoisotopic (exact) mass is 204 g/mol. The van der Waals surface area contributed by atoms with Gasteiger partial charge in [-0.25, -0.2) is 0 Å². The summed E-state index contributed by atoms with van der Waals surface area (Å²) in [5.41, 5.74) is 2.20. The van der Waals surface area contributed by atoms with Crippen molar-refractivity contribution in [3.05, 3.63) is 30.0 Å². The molecule has 2 aromatic rings. The van der Waals surface area contributed by atoms with Gasteiger partial charge in [0.05, 0.1) is 0 Å². The number of aromatic hydroxyl groups is 1. The molecular weight excluding hydrogens is 188 g/mol. The van der Waals surface area contributed by atoms with Crippen molar-refractivity contribution < 1.29 is 5.11 Å². The number of phenolic OH excluding ortho intramolecular Hbond substituents is 1. The van der Waals surface area contributed by atoms with Gasteiger partial charge in [-0.15, -0.1) is 0 Å². The number of aromatic amines is 1. The number of aryl methyl sites for hydroxylation is 1. The molecule has 1 aromatic heterocycles. The number of aromatic nitrogens is 1. The number of phenols is 1. The normalized spacial score (nSPS) is 11.0. The zero-order chi connectivity index (χ0) is 10.7. The Morgan fingerprint density at radius 1 is 1.40 bits per heavy atom. The summed E-state index contributed by atoms with van der Waals surface area (Å²) in [6.45, 7) is 1.00. The van der Waals surface area contributed by atoms with Crippen LogP contribution in [0.3, 0.4) is 0 Å². The smallest absolute Gasteiger partial charge is 0.125 e. The molecule has 0 unspecified atom stereocenters. The Hall–Kier alpha value is -1.48. The lowest BCUT2D eigenvalue weighted by atomic mass is 10.1. The van der Waals surface area contributed by atoms with Crippen LogP contribution in [0.2, 0.25) is 0 Å². The zero-order valence-corrected chi connectivity index (χ0v) is 8.88. The lowest BCUT2D eigenvalue weighted by Gasteiger charge is -2.00. The minimum Gasteiger partial charge on any atom is -0.507 e. The van der Waals surface area contributed by atoms with Gasteiger partial charge in [0, 0.05) is 17.1 Å². The van der Waals surface area contributed by atoms with E-state index >= 15 is 0 Å². The SMILES string of the molecule is CNCCCc1c[nH]c2cccc(O)c12. The first kappa shape index (κ1) is 10.1. The van der Waals surface area contributed by atoms with Crippen LogP contribution in [0.4, 0.5) is 0 Å². The summed E-state index contributed by atoms with van der Waals surface area (Å²) >= 11 is 0. The molecule has 0 radical (unpaired) electrons. The van der Waals surface area contributed by atoms with Crippen molar-refractivity contribution in [1.82, 2.24) is 10.3 Å². The van der Waals surface area contributed by atoms with E-state index in [0.29, 0.717) is 5.75 Å². The maximum Gasteiger partial charge on any atom is 0.125 e. The molecule has 80 valence electrons. The topological polar surface area (TPSA) is 48.0 Å². The van der Waals surface area contributed by atoms with Crippen molar-refractivity contribution in [3.8, 4) is 5.75 Å². The average Bonchev–Trinajstić information content (AvgIpc) is 2.63. The molecule has 3 N–H and O–H groups in total. The van der Waals surface area contributed by atoms with Crippen LogP contribution < -0.4 is 5.32 Å². The van der Waals surface area contributed by atoms with Crippen LogP contribution in [0.5, 0.6) is 5.75 Å². The first-order valence-electron chi connectivity index (χ1n) is 5.25. The van der Waals surface area contributed by atoms with E-state index < -0.39 is 0 Å². The molecule has 3 nitrogen and oxygen atoms in total. The highest BCUT2D eigenvalue weighted by Crippen LogP contribution is 2.28. The summed E-state index contributed by atoms with van der Waals surface area (Å²) in [5.74, 6) is 0.369. The van der Waals surface area contributed by atoms with Crippen molar-refractivity contribution in [2.24, 2.45) is 0 Å². The van der Waals surface area contributed by atoms with Gasteiger partial charge in [-0.2, -0.15) is 0 Å². The van der Waals surface area contributed by atoms with Gasteiger partial charge in [0.25, 0.3) is 0 Å². The van der Waals surface area contributed by atoms with Crippen molar-refractivity contribution in [3.63, 3.8) is 0 Å². The van der Waals surface area contributed by atoms with E-state index in [1.165, 1.54) is 5.56 Å². The van der Waals surface area contributed by atoms with Crippen LogP contribution in [0.1, 0.15) is 12.0 Å². The number of hydrogen-bond acceptors (Lipinski definition) is 2. The van der Waals surface area contributed by atoms with Gasteiger partial charge in [0.15, 0.2) is 0 Å².